The van der Waals surface area contributed by atoms with Crippen LogP contribution in [-0.4, -0.2) is 0 Å². The highest BCUT2D eigenvalue weighted by Crippen LogP contribution is 2.54. The van der Waals surface area contributed by atoms with Gasteiger partial charge in [-0.05, 0) is 51.0 Å². The first-order valence-electron chi connectivity index (χ1n) is 6.08. The highest BCUT2D eigenvalue weighted by molar-refractivity contribution is 5.39. The summed E-state index contributed by atoms with van der Waals surface area (Å²) in [7, 11) is 0. The third-order valence-corrected chi connectivity index (χ3v) is 4.40. The standard InChI is InChI=1S/C15H22/c1-11(2)14-6-5-13(4)15(14)9-7-12(3)8-10-15/h6-7,13H,1,5,8-10H2,2-4H3/t13-,15-/m1/s1. The summed E-state index contributed by atoms with van der Waals surface area (Å²) in [6.45, 7) is 11.0. The van der Waals surface area contributed by atoms with Crippen LogP contribution in [0.1, 0.15) is 46.5 Å². The number of rotatable bonds is 1. The molecule has 0 saturated heterocycles. The second-order valence-electron chi connectivity index (χ2n) is 5.45. The van der Waals surface area contributed by atoms with Gasteiger partial charge in [-0.1, -0.05) is 36.8 Å². The lowest BCUT2D eigenvalue weighted by Crippen LogP contribution is -2.29. The molecule has 0 unspecified atom stereocenters. The van der Waals surface area contributed by atoms with E-state index in [1.165, 1.54) is 31.3 Å². The van der Waals surface area contributed by atoms with Crippen LogP contribution in [0, 0.1) is 11.3 Å². The summed E-state index contributed by atoms with van der Waals surface area (Å²) in [6.07, 6.45) is 9.96. The van der Waals surface area contributed by atoms with E-state index in [9.17, 15) is 0 Å². The van der Waals surface area contributed by atoms with Crippen molar-refractivity contribution in [1.29, 1.82) is 0 Å². The molecule has 0 N–H and O–H groups in total. The first-order valence-corrected chi connectivity index (χ1v) is 6.08. The van der Waals surface area contributed by atoms with Crippen LogP contribution < -0.4 is 0 Å². The van der Waals surface area contributed by atoms with Gasteiger partial charge in [0.1, 0.15) is 0 Å². The van der Waals surface area contributed by atoms with Crippen LogP contribution in [0.15, 0.2) is 35.5 Å². The normalized spacial score (nSPS) is 35.3. The van der Waals surface area contributed by atoms with Gasteiger partial charge in [0.15, 0.2) is 0 Å². The second kappa shape index (κ2) is 3.66. The maximum Gasteiger partial charge on any atom is 0.00184 e. The lowest BCUT2D eigenvalue weighted by atomic mass is 9.64. The molecule has 2 rings (SSSR count). The second-order valence-corrected chi connectivity index (χ2v) is 5.45. The lowest BCUT2D eigenvalue weighted by molar-refractivity contribution is 0.227. The first kappa shape index (κ1) is 10.7. The zero-order chi connectivity index (χ0) is 11.1. The third-order valence-electron chi connectivity index (χ3n) is 4.40. The average molecular weight is 202 g/mol. The van der Waals surface area contributed by atoms with Crippen molar-refractivity contribution >= 4 is 0 Å². The molecule has 0 heterocycles. The van der Waals surface area contributed by atoms with Crippen molar-refractivity contribution in [3.05, 3.63) is 35.5 Å². The van der Waals surface area contributed by atoms with E-state index in [1.54, 1.807) is 11.1 Å². The molecule has 0 saturated carbocycles. The van der Waals surface area contributed by atoms with Crippen molar-refractivity contribution in [1.82, 2.24) is 0 Å². The maximum atomic E-state index is 4.15. The van der Waals surface area contributed by atoms with Crippen molar-refractivity contribution in [2.75, 3.05) is 0 Å². The summed E-state index contributed by atoms with van der Waals surface area (Å²) in [5.41, 5.74) is 4.84. The van der Waals surface area contributed by atoms with Gasteiger partial charge in [0.2, 0.25) is 0 Å². The molecule has 0 heteroatoms. The van der Waals surface area contributed by atoms with E-state index in [2.05, 4.69) is 39.5 Å². The Kier molecular flexibility index (Phi) is 2.62. The van der Waals surface area contributed by atoms with Gasteiger partial charge >= 0.3 is 0 Å². The maximum absolute atomic E-state index is 4.15. The van der Waals surface area contributed by atoms with Crippen LogP contribution in [0.25, 0.3) is 0 Å². The molecule has 0 bridgehead atoms. The van der Waals surface area contributed by atoms with Gasteiger partial charge in [-0.15, -0.1) is 0 Å². The summed E-state index contributed by atoms with van der Waals surface area (Å²) in [4.78, 5) is 0. The third kappa shape index (κ3) is 1.60. The molecule has 15 heavy (non-hydrogen) atoms. The van der Waals surface area contributed by atoms with Gasteiger partial charge in [0.25, 0.3) is 0 Å². The van der Waals surface area contributed by atoms with Gasteiger partial charge in [0, 0.05) is 5.41 Å². The van der Waals surface area contributed by atoms with E-state index in [0.717, 1.165) is 5.92 Å². The van der Waals surface area contributed by atoms with Crippen molar-refractivity contribution in [2.24, 2.45) is 11.3 Å². The zero-order valence-corrected chi connectivity index (χ0v) is 10.3. The Labute approximate surface area is 93.8 Å². The van der Waals surface area contributed by atoms with Crippen molar-refractivity contribution in [3.63, 3.8) is 0 Å². The molecule has 0 fully saturated rings. The molecule has 2 aliphatic carbocycles. The number of hydrogen-bond acceptors (Lipinski definition) is 0. The monoisotopic (exact) mass is 202 g/mol. The van der Waals surface area contributed by atoms with Gasteiger partial charge in [-0.2, -0.15) is 0 Å². The fourth-order valence-corrected chi connectivity index (χ4v) is 3.26. The van der Waals surface area contributed by atoms with Crippen LogP contribution in [0.3, 0.4) is 0 Å². The molecule has 0 nitrogen and oxygen atoms in total. The van der Waals surface area contributed by atoms with Gasteiger partial charge in [-0.25, -0.2) is 0 Å². The van der Waals surface area contributed by atoms with Gasteiger partial charge < -0.3 is 0 Å². The smallest absolute Gasteiger partial charge is 0.00184 e. The fraction of sp³-hybridized carbons (Fsp3) is 0.600. The zero-order valence-electron chi connectivity index (χ0n) is 10.3. The Morgan fingerprint density at radius 2 is 2.20 bits per heavy atom. The molecule has 0 aromatic heterocycles. The minimum Gasteiger partial charge on any atom is -0.0958 e. The lowest BCUT2D eigenvalue weighted by Gasteiger charge is -2.39. The van der Waals surface area contributed by atoms with Crippen molar-refractivity contribution < 1.29 is 0 Å². The van der Waals surface area contributed by atoms with Crippen LogP contribution in [-0.2, 0) is 0 Å². The molecule has 2 aliphatic rings. The molecule has 2 atom stereocenters. The Morgan fingerprint density at radius 1 is 1.47 bits per heavy atom. The first-order chi connectivity index (χ1) is 7.06. The van der Waals surface area contributed by atoms with E-state index in [0.29, 0.717) is 5.41 Å². The van der Waals surface area contributed by atoms with E-state index in [1.807, 2.05) is 0 Å². The van der Waals surface area contributed by atoms with Crippen LogP contribution in [0.2, 0.25) is 0 Å². The largest absolute Gasteiger partial charge is 0.0958 e. The molecule has 0 aliphatic heterocycles. The summed E-state index contributed by atoms with van der Waals surface area (Å²) in [6, 6.07) is 0. The van der Waals surface area contributed by atoms with Gasteiger partial charge in [0.05, 0.1) is 0 Å². The predicted molar refractivity (Wildman–Crippen MR) is 66.7 cm³/mol. The Morgan fingerprint density at radius 3 is 2.73 bits per heavy atom. The predicted octanol–water partition coefficient (Wildman–Crippen LogP) is 4.65. The summed E-state index contributed by atoms with van der Waals surface area (Å²) < 4.78 is 0. The summed E-state index contributed by atoms with van der Waals surface area (Å²) in [5.74, 6) is 0.800. The number of allylic oxidation sites excluding steroid dienone is 5. The van der Waals surface area contributed by atoms with E-state index in [-0.39, 0.29) is 0 Å². The molecule has 0 aromatic carbocycles. The van der Waals surface area contributed by atoms with Crippen LogP contribution in [0.5, 0.6) is 0 Å². The molecular weight excluding hydrogens is 180 g/mol. The molecular formula is C15H22. The minimum absolute atomic E-state index is 0.436. The fourth-order valence-electron chi connectivity index (χ4n) is 3.26. The van der Waals surface area contributed by atoms with Gasteiger partial charge in [-0.3, -0.25) is 0 Å². The SMILES string of the molecule is C=C(C)C1=CC[C@@H](C)[C@]12CC=C(C)CC2. The van der Waals surface area contributed by atoms with E-state index >= 15 is 0 Å². The topological polar surface area (TPSA) is 0 Å². The minimum atomic E-state index is 0.436. The molecule has 82 valence electrons. The van der Waals surface area contributed by atoms with E-state index < -0.39 is 0 Å². The Bertz CT molecular complexity index is 343. The molecule has 0 amide bonds. The molecule has 0 radical (unpaired) electrons. The molecule has 0 aromatic rings. The summed E-state index contributed by atoms with van der Waals surface area (Å²) in [5, 5.41) is 0. The number of hydrogen-bond donors (Lipinski definition) is 0. The Hall–Kier alpha value is -0.780. The van der Waals surface area contributed by atoms with Crippen molar-refractivity contribution in [3.8, 4) is 0 Å². The molecule has 1 spiro atoms. The van der Waals surface area contributed by atoms with Crippen LogP contribution in [0.4, 0.5) is 0 Å². The Balaban J connectivity index is 2.33. The quantitative estimate of drug-likeness (QED) is 0.543. The highest BCUT2D eigenvalue weighted by atomic mass is 14.5. The van der Waals surface area contributed by atoms with E-state index in [4.69, 9.17) is 0 Å². The van der Waals surface area contributed by atoms with Crippen molar-refractivity contribution in [2.45, 2.75) is 46.5 Å². The summed E-state index contributed by atoms with van der Waals surface area (Å²) >= 11 is 0. The highest BCUT2D eigenvalue weighted by Gasteiger charge is 2.42. The van der Waals surface area contributed by atoms with Crippen LogP contribution >= 0.6 is 0 Å². The average Bonchev–Trinajstić information content (AvgIpc) is 2.50.